The van der Waals surface area contributed by atoms with Crippen LogP contribution < -0.4 is 0 Å². The van der Waals surface area contributed by atoms with Gasteiger partial charge < -0.3 is 10.0 Å². The van der Waals surface area contributed by atoms with Crippen molar-refractivity contribution in [2.75, 3.05) is 19.6 Å². The second kappa shape index (κ2) is 5.54. The van der Waals surface area contributed by atoms with Crippen LogP contribution in [0.2, 0.25) is 5.02 Å². The molecule has 0 saturated carbocycles. The minimum atomic E-state index is -4.51. The van der Waals surface area contributed by atoms with Crippen molar-refractivity contribution in [1.82, 2.24) is 4.90 Å². The van der Waals surface area contributed by atoms with Crippen LogP contribution in [0.1, 0.15) is 30.9 Å². The van der Waals surface area contributed by atoms with Crippen molar-refractivity contribution >= 4 is 11.6 Å². The minimum Gasteiger partial charge on any atom is -0.385 e. The molecule has 2 rings (SSSR count). The molecule has 1 aromatic carbocycles. The van der Waals surface area contributed by atoms with Crippen molar-refractivity contribution in [3.8, 4) is 0 Å². The van der Waals surface area contributed by atoms with Crippen molar-refractivity contribution in [1.29, 1.82) is 0 Å². The molecule has 0 bridgehead atoms. The number of rotatable bonds is 2. The van der Waals surface area contributed by atoms with Gasteiger partial charge in [0, 0.05) is 13.1 Å². The molecule has 1 aromatic rings. The van der Waals surface area contributed by atoms with E-state index in [0.717, 1.165) is 12.6 Å². The standard InChI is InChI=1S/C14H17ClF3NO/c1-2-19-7-5-13(20,6-8-19)10-3-4-12(15)11(9-10)14(16,17)18/h3-4,9,20H,2,5-8H2,1H3. The van der Waals surface area contributed by atoms with Crippen LogP contribution in [-0.2, 0) is 11.8 Å². The molecule has 0 aliphatic carbocycles. The molecule has 1 N–H and O–H groups in total. The number of alkyl halides is 3. The third-order valence-electron chi connectivity index (χ3n) is 3.94. The summed E-state index contributed by atoms with van der Waals surface area (Å²) in [4.78, 5) is 2.16. The van der Waals surface area contributed by atoms with Gasteiger partial charge in [-0.25, -0.2) is 0 Å². The van der Waals surface area contributed by atoms with Crippen LogP contribution in [0.4, 0.5) is 13.2 Å². The Bertz CT molecular complexity index is 482. The van der Waals surface area contributed by atoms with E-state index in [2.05, 4.69) is 4.90 Å². The molecule has 1 aliphatic heterocycles. The summed E-state index contributed by atoms with van der Waals surface area (Å²) in [6.07, 6.45) is -3.65. The van der Waals surface area contributed by atoms with Gasteiger partial charge >= 0.3 is 6.18 Å². The minimum absolute atomic E-state index is 0.296. The summed E-state index contributed by atoms with van der Waals surface area (Å²) in [5, 5.41) is 10.3. The summed E-state index contributed by atoms with van der Waals surface area (Å²) in [7, 11) is 0. The first-order valence-electron chi connectivity index (χ1n) is 6.58. The Kier molecular flexibility index (Phi) is 4.33. The maximum Gasteiger partial charge on any atom is 0.417 e. The van der Waals surface area contributed by atoms with Crippen molar-refractivity contribution in [2.24, 2.45) is 0 Å². The molecule has 0 spiro atoms. The number of benzene rings is 1. The maximum absolute atomic E-state index is 12.9. The molecule has 6 heteroatoms. The van der Waals surface area contributed by atoms with Gasteiger partial charge in [0.15, 0.2) is 0 Å². The van der Waals surface area contributed by atoms with E-state index < -0.39 is 17.3 Å². The smallest absolute Gasteiger partial charge is 0.385 e. The highest BCUT2D eigenvalue weighted by Crippen LogP contribution is 2.39. The predicted molar refractivity (Wildman–Crippen MR) is 71.7 cm³/mol. The zero-order chi connectivity index (χ0) is 15.0. The Morgan fingerprint density at radius 1 is 1.30 bits per heavy atom. The fraction of sp³-hybridized carbons (Fsp3) is 0.571. The Morgan fingerprint density at radius 3 is 2.40 bits per heavy atom. The Hall–Kier alpha value is -0.780. The van der Waals surface area contributed by atoms with Crippen LogP contribution in [0.5, 0.6) is 0 Å². The number of aliphatic hydroxyl groups is 1. The highest BCUT2D eigenvalue weighted by atomic mass is 35.5. The first kappa shape index (κ1) is 15.6. The van der Waals surface area contributed by atoms with Crippen molar-refractivity contribution in [3.63, 3.8) is 0 Å². The molecule has 0 aromatic heterocycles. The van der Waals surface area contributed by atoms with E-state index in [1.165, 1.54) is 12.1 Å². The van der Waals surface area contributed by atoms with Crippen LogP contribution in [0.15, 0.2) is 18.2 Å². The number of halogens is 4. The summed E-state index contributed by atoms with van der Waals surface area (Å²) < 4.78 is 38.6. The van der Waals surface area contributed by atoms with Gasteiger partial charge in [-0.15, -0.1) is 0 Å². The normalized spacial score (nSPS) is 20.1. The molecular formula is C14H17ClF3NO. The van der Waals surface area contributed by atoms with Crippen LogP contribution in [0.3, 0.4) is 0 Å². The first-order valence-corrected chi connectivity index (χ1v) is 6.96. The van der Waals surface area contributed by atoms with E-state index in [9.17, 15) is 18.3 Å². The number of hydrogen-bond acceptors (Lipinski definition) is 2. The van der Waals surface area contributed by atoms with E-state index in [1.54, 1.807) is 0 Å². The summed E-state index contributed by atoms with van der Waals surface area (Å²) in [6, 6.07) is 3.67. The lowest BCUT2D eigenvalue weighted by Crippen LogP contribution is -2.42. The lowest BCUT2D eigenvalue weighted by atomic mass is 9.83. The second-order valence-electron chi connectivity index (χ2n) is 5.16. The molecule has 0 amide bonds. The fourth-order valence-electron chi connectivity index (χ4n) is 2.56. The van der Waals surface area contributed by atoms with Crippen molar-refractivity contribution in [2.45, 2.75) is 31.5 Å². The fourth-order valence-corrected chi connectivity index (χ4v) is 2.78. The van der Waals surface area contributed by atoms with Crippen molar-refractivity contribution < 1.29 is 18.3 Å². The highest BCUT2D eigenvalue weighted by Gasteiger charge is 2.38. The number of piperidine rings is 1. The van der Waals surface area contributed by atoms with Crippen LogP contribution in [-0.4, -0.2) is 29.6 Å². The van der Waals surface area contributed by atoms with Gasteiger partial charge in [-0.1, -0.05) is 24.6 Å². The SMILES string of the molecule is CCN1CCC(O)(c2ccc(Cl)c(C(F)(F)F)c2)CC1. The second-order valence-corrected chi connectivity index (χ2v) is 5.57. The topological polar surface area (TPSA) is 23.5 Å². The summed E-state index contributed by atoms with van der Waals surface area (Å²) >= 11 is 5.60. The molecular weight excluding hydrogens is 291 g/mol. The Balaban J connectivity index is 2.29. The van der Waals surface area contributed by atoms with Gasteiger partial charge in [-0.3, -0.25) is 0 Å². The third-order valence-corrected chi connectivity index (χ3v) is 4.27. The lowest BCUT2D eigenvalue weighted by molar-refractivity contribution is -0.137. The molecule has 0 unspecified atom stereocenters. The van der Waals surface area contributed by atoms with E-state index in [0.29, 0.717) is 31.5 Å². The van der Waals surface area contributed by atoms with Crippen LogP contribution in [0, 0.1) is 0 Å². The van der Waals surface area contributed by atoms with E-state index in [1.807, 2.05) is 6.92 Å². The van der Waals surface area contributed by atoms with E-state index in [4.69, 9.17) is 11.6 Å². The molecule has 1 aliphatic rings. The molecule has 0 atom stereocenters. The number of nitrogens with zero attached hydrogens (tertiary/aromatic N) is 1. The van der Waals surface area contributed by atoms with Crippen LogP contribution in [0.25, 0.3) is 0 Å². The third kappa shape index (κ3) is 3.10. The molecule has 1 saturated heterocycles. The zero-order valence-electron chi connectivity index (χ0n) is 11.2. The number of hydrogen-bond donors (Lipinski definition) is 1. The van der Waals surface area contributed by atoms with Gasteiger partial charge in [-0.2, -0.15) is 13.2 Å². The van der Waals surface area contributed by atoms with Gasteiger partial charge in [0.2, 0.25) is 0 Å². The summed E-state index contributed by atoms with van der Waals surface area (Å²) in [5.41, 5.74) is -1.79. The zero-order valence-corrected chi connectivity index (χ0v) is 11.9. The molecule has 20 heavy (non-hydrogen) atoms. The molecule has 1 heterocycles. The first-order chi connectivity index (χ1) is 9.26. The van der Waals surface area contributed by atoms with Crippen molar-refractivity contribution in [3.05, 3.63) is 34.3 Å². The monoisotopic (exact) mass is 307 g/mol. The van der Waals surface area contributed by atoms with Gasteiger partial charge in [0.25, 0.3) is 0 Å². The quantitative estimate of drug-likeness (QED) is 0.901. The highest BCUT2D eigenvalue weighted by molar-refractivity contribution is 6.31. The average molecular weight is 308 g/mol. The molecule has 0 radical (unpaired) electrons. The molecule has 112 valence electrons. The van der Waals surface area contributed by atoms with Gasteiger partial charge in [0.1, 0.15) is 0 Å². The largest absolute Gasteiger partial charge is 0.417 e. The predicted octanol–water partition coefficient (Wildman–Crippen LogP) is 3.66. The molecule has 2 nitrogen and oxygen atoms in total. The summed E-state index contributed by atoms with van der Waals surface area (Å²) in [5.74, 6) is 0. The van der Waals surface area contributed by atoms with E-state index in [-0.39, 0.29) is 5.02 Å². The lowest BCUT2D eigenvalue weighted by Gasteiger charge is -2.38. The van der Waals surface area contributed by atoms with Crippen LogP contribution >= 0.6 is 11.6 Å². The Labute approximate surface area is 121 Å². The average Bonchev–Trinajstić information content (AvgIpc) is 2.38. The van der Waals surface area contributed by atoms with Gasteiger partial charge in [0.05, 0.1) is 16.2 Å². The van der Waals surface area contributed by atoms with E-state index >= 15 is 0 Å². The molecule has 1 fully saturated rings. The number of likely N-dealkylation sites (tertiary alicyclic amines) is 1. The maximum atomic E-state index is 12.9. The Morgan fingerprint density at radius 2 is 1.90 bits per heavy atom. The summed E-state index contributed by atoms with van der Waals surface area (Å²) in [6.45, 7) is 4.26. The van der Waals surface area contributed by atoms with Gasteiger partial charge in [-0.05, 0) is 37.1 Å².